The van der Waals surface area contributed by atoms with Gasteiger partial charge in [0.2, 0.25) is 0 Å². The average Bonchev–Trinajstić information content (AvgIpc) is 2.48. The minimum atomic E-state index is 0.288. The molecule has 1 aromatic heterocycles. The molecule has 0 atom stereocenters. The highest BCUT2D eigenvalue weighted by Crippen LogP contribution is 2.35. The van der Waals surface area contributed by atoms with Gasteiger partial charge >= 0.3 is 0 Å². The second-order valence-corrected chi connectivity index (χ2v) is 4.72. The summed E-state index contributed by atoms with van der Waals surface area (Å²) in [5.41, 5.74) is 1.70. The first-order chi connectivity index (χ1) is 6.68. The topological polar surface area (TPSA) is 33.1 Å². The zero-order chi connectivity index (χ0) is 10.1. The zero-order valence-electron chi connectivity index (χ0n) is 7.49. The molecule has 0 aliphatic carbocycles. The Labute approximate surface area is 94.4 Å². The molecule has 0 saturated heterocycles. The van der Waals surface area contributed by atoms with Gasteiger partial charge in [-0.25, -0.2) is 4.98 Å². The van der Waals surface area contributed by atoms with Gasteiger partial charge < -0.3 is 5.11 Å². The first-order valence-electron chi connectivity index (χ1n) is 4.10. The highest BCUT2D eigenvalue weighted by Gasteiger charge is 2.09. The molecule has 1 N–H and O–H groups in total. The Bertz CT molecular complexity index is 447. The molecule has 0 spiro atoms. The molecule has 14 heavy (non-hydrogen) atoms. The van der Waals surface area contributed by atoms with Crippen LogP contribution in [0.25, 0.3) is 10.6 Å². The van der Waals surface area contributed by atoms with E-state index < -0.39 is 0 Å². The van der Waals surface area contributed by atoms with E-state index in [9.17, 15) is 5.11 Å². The van der Waals surface area contributed by atoms with Crippen LogP contribution in [0.15, 0.2) is 28.7 Å². The normalized spacial score (nSPS) is 10.4. The third-order valence-corrected chi connectivity index (χ3v) is 3.56. The Morgan fingerprint density at radius 2 is 2.07 bits per heavy atom. The van der Waals surface area contributed by atoms with Gasteiger partial charge in [0.05, 0.1) is 5.69 Å². The summed E-state index contributed by atoms with van der Waals surface area (Å²) in [6, 6.07) is 7.84. The summed E-state index contributed by atoms with van der Waals surface area (Å²) in [7, 11) is 0. The van der Waals surface area contributed by atoms with Crippen LogP contribution in [-0.2, 0) is 0 Å². The third-order valence-electron chi connectivity index (χ3n) is 1.88. The van der Waals surface area contributed by atoms with E-state index in [1.54, 1.807) is 6.92 Å². The number of hydrogen-bond acceptors (Lipinski definition) is 3. The molecule has 0 fully saturated rings. The quantitative estimate of drug-likeness (QED) is 0.859. The van der Waals surface area contributed by atoms with Crippen LogP contribution >= 0.6 is 27.3 Å². The Balaban J connectivity index is 2.55. The second-order valence-electron chi connectivity index (χ2n) is 2.89. The van der Waals surface area contributed by atoms with E-state index in [1.165, 1.54) is 11.3 Å². The van der Waals surface area contributed by atoms with Gasteiger partial charge in [0.25, 0.3) is 0 Å². The van der Waals surface area contributed by atoms with Crippen molar-refractivity contribution in [1.29, 1.82) is 0 Å². The molecule has 0 amide bonds. The number of thiazole rings is 1. The van der Waals surface area contributed by atoms with Crippen molar-refractivity contribution in [2.24, 2.45) is 0 Å². The van der Waals surface area contributed by atoms with Crippen LogP contribution in [0.3, 0.4) is 0 Å². The maximum absolute atomic E-state index is 9.43. The van der Waals surface area contributed by atoms with E-state index in [4.69, 9.17) is 0 Å². The summed E-state index contributed by atoms with van der Waals surface area (Å²) >= 11 is 4.75. The number of aromatic hydroxyl groups is 1. The Morgan fingerprint density at radius 3 is 2.64 bits per heavy atom. The summed E-state index contributed by atoms with van der Waals surface area (Å²) in [4.78, 5) is 4.28. The van der Waals surface area contributed by atoms with E-state index in [0.29, 0.717) is 5.69 Å². The van der Waals surface area contributed by atoms with E-state index in [2.05, 4.69) is 20.9 Å². The largest absolute Gasteiger partial charge is 0.498 e. The smallest absolute Gasteiger partial charge is 0.195 e. The molecule has 0 radical (unpaired) electrons. The molecule has 1 aromatic carbocycles. The van der Waals surface area contributed by atoms with Crippen LogP contribution in [0.5, 0.6) is 5.06 Å². The zero-order valence-corrected chi connectivity index (χ0v) is 9.89. The van der Waals surface area contributed by atoms with Crippen LogP contribution in [0.4, 0.5) is 0 Å². The minimum Gasteiger partial charge on any atom is -0.498 e. The highest BCUT2D eigenvalue weighted by molar-refractivity contribution is 9.10. The maximum atomic E-state index is 9.43. The molecule has 2 aromatic rings. The van der Waals surface area contributed by atoms with E-state index in [1.807, 2.05) is 24.3 Å². The van der Waals surface area contributed by atoms with Gasteiger partial charge in [0, 0.05) is 10.0 Å². The number of aryl methyl sites for hydroxylation is 1. The fourth-order valence-electron chi connectivity index (χ4n) is 1.14. The monoisotopic (exact) mass is 269 g/mol. The predicted octanol–water partition coefficient (Wildman–Crippen LogP) is 3.59. The van der Waals surface area contributed by atoms with Gasteiger partial charge in [0.15, 0.2) is 5.06 Å². The van der Waals surface area contributed by atoms with Gasteiger partial charge in [-0.15, -0.1) is 0 Å². The highest BCUT2D eigenvalue weighted by atomic mass is 79.9. The molecule has 1 heterocycles. The van der Waals surface area contributed by atoms with Crippen molar-refractivity contribution in [1.82, 2.24) is 4.98 Å². The molecular weight excluding hydrogens is 262 g/mol. The lowest BCUT2D eigenvalue weighted by molar-refractivity contribution is 0.485. The summed E-state index contributed by atoms with van der Waals surface area (Å²) < 4.78 is 0.994. The molecule has 72 valence electrons. The molecule has 2 rings (SSSR count). The van der Waals surface area contributed by atoms with Crippen molar-refractivity contribution in [2.75, 3.05) is 0 Å². The predicted molar refractivity (Wildman–Crippen MR) is 61.7 cm³/mol. The van der Waals surface area contributed by atoms with E-state index in [0.717, 1.165) is 15.0 Å². The molecule has 0 aliphatic rings. The molecule has 0 bridgehead atoms. The average molecular weight is 270 g/mol. The summed E-state index contributed by atoms with van der Waals surface area (Å²) in [5, 5.41) is 10.6. The van der Waals surface area contributed by atoms with Crippen LogP contribution in [0.2, 0.25) is 0 Å². The minimum absolute atomic E-state index is 0.288. The van der Waals surface area contributed by atoms with Gasteiger partial charge in [-0.3, -0.25) is 0 Å². The molecule has 4 heteroatoms. The lowest BCUT2D eigenvalue weighted by Crippen LogP contribution is -1.78. The fourth-order valence-corrected chi connectivity index (χ4v) is 2.59. The molecule has 2 nitrogen and oxygen atoms in total. The van der Waals surface area contributed by atoms with Gasteiger partial charge in [-0.2, -0.15) is 0 Å². The summed E-state index contributed by atoms with van der Waals surface area (Å²) in [6.45, 7) is 1.80. The number of rotatable bonds is 1. The maximum Gasteiger partial charge on any atom is 0.195 e. The number of halogens is 1. The van der Waals surface area contributed by atoms with Crippen LogP contribution in [0.1, 0.15) is 5.69 Å². The molecule has 0 aliphatic heterocycles. The Hall–Kier alpha value is -0.870. The van der Waals surface area contributed by atoms with Gasteiger partial charge in [-0.1, -0.05) is 45.5 Å². The van der Waals surface area contributed by atoms with E-state index in [-0.39, 0.29) is 5.06 Å². The van der Waals surface area contributed by atoms with Crippen molar-refractivity contribution in [3.63, 3.8) is 0 Å². The SMILES string of the molecule is Cc1nc(-c2ccccc2Br)sc1O. The number of nitrogens with zero attached hydrogens (tertiary/aromatic N) is 1. The third kappa shape index (κ3) is 1.67. The second kappa shape index (κ2) is 3.71. The molecule has 0 saturated carbocycles. The summed E-state index contributed by atoms with van der Waals surface area (Å²) in [5.74, 6) is 0. The number of aromatic nitrogens is 1. The fraction of sp³-hybridized carbons (Fsp3) is 0.100. The van der Waals surface area contributed by atoms with Crippen LogP contribution in [-0.4, -0.2) is 10.1 Å². The first-order valence-corrected chi connectivity index (χ1v) is 5.70. The van der Waals surface area contributed by atoms with Crippen molar-refractivity contribution < 1.29 is 5.11 Å². The Morgan fingerprint density at radius 1 is 1.36 bits per heavy atom. The number of hydrogen-bond donors (Lipinski definition) is 1. The number of benzene rings is 1. The van der Waals surface area contributed by atoms with Crippen LogP contribution in [0, 0.1) is 6.92 Å². The van der Waals surface area contributed by atoms with E-state index >= 15 is 0 Å². The van der Waals surface area contributed by atoms with Crippen molar-refractivity contribution in [3.05, 3.63) is 34.4 Å². The Kier molecular flexibility index (Phi) is 2.56. The van der Waals surface area contributed by atoms with Crippen molar-refractivity contribution in [3.8, 4) is 15.6 Å². The molecular formula is C10H8BrNOS. The van der Waals surface area contributed by atoms with Crippen LogP contribution < -0.4 is 0 Å². The lowest BCUT2D eigenvalue weighted by Gasteiger charge is -1.97. The lowest BCUT2D eigenvalue weighted by atomic mass is 10.2. The van der Waals surface area contributed by atoms with Gasteiger partial charge in [0.1, 0.15) is 5.01 Å². The van der Waals surface area contributed by atoms with Crippen molar-refractivity contribution in [2.45, 2.75) is 6.92 Å². The summed E-state index contributed by atoms with van der Waals surface area (Å²) in [6.07, 6.45) is 0. The first kappa shape index (κ1) is 9.68. The standard InChI is InChI=1S/C10H8BrNOS/c1-6-10(13)14-9(12-6)7-4-2-3-5-8(7)11/h2-5,13H,1H3. The molecule has 0 unspecified atom stereocenters. The van der Waals surface area contributed by atoms with Crippen molar-refractivity contribution >= 4 is 27.3 Å². The van der Waals surface area contributed by atoms with Gasteiger partial charge in [-0.05, 0) is 13.0 Å².